The van der Waals surface area contributed by atoms with Gasteiger partial charge >= 0.3 is 0 Å². The lowest BCUT2D eigenvalue weighted by Crippen LogP contribution is -2.34. The first kappa shape index (κ1) is 11.8. The summed E-state index contributed by atoms with van der Waals surface area (Å²) in [5, 5.41) is 5.77. The Morgan fingerprint density at radius 1 is 1.22 bits per heavy atom. The molecule has 0 atom stereocenters. The lowest BCUT2D eigenvalue weighted by Gasteiger charge is -2.17. The average molecular weight is 278 g/mol. The van der Waals surface area contributed by atoms with Crippen LogP contribution in [0, 0.1) is 0 Å². The molecule has 1 aliphatic rings. The second-order valence-corrected chi connectivity index (χ2v) is 5.90. The van der Waals surface area contributed by atoms with Crippen molar-refractivity contribution in [2.75, 3.05) is 0 Å². The number of nitrogens with one attached hydrogen (secondary N) is 1. The van der Waals surface area contributed by atoms with Crippen LogP contribution < -0.4 is 5.32 Å². The Balaban J connectivity index is 1.80. The van der Waals surface area contributed by atoms with Crippen LogP contribution in [0.1, 0.15) is 28.1 Å². The monoisotopic (exact) mass is 277 g/mol. The molecule has 0 spiro atoms. The Morgan fingerprint density at radius 2 is 1.94 bits per heavy atom. The van der Waals surface area contributed by atoms with E-state index in [1.807, 2.05) is 41.8 Å². The summed E-state index contributed by atoms with van der Waals surface area (Å²) in [4.78, 5) is 12.8. The molecule has 1 amide bonds. The van der Waals surface area contributed by atoms with Crippen molar-refractivity contribution in [1.29, 1.82) is 0 Å². The van der Waals surface area contributed by atoms with Crippen LogP contribution in [0.3, 0.4) is 0 Å². The van der Waals surface area contributed by atoms with Gasteiger partial charge in [0.25, 0.3) is 5.91 Å². The number of thiophene rings is 1. The van der Waals surface area contributed by atoms with Gasteiger partial charge < -0.3 is 5.32 Å². The molecule has 2 nitrogen and oxygen atoms in total. The molecule has 1 heterocycles. The van der Waals surface area contributed by atoms with Crippen molar-refractivity contribution in [2.45, 2.75) is 18.4 Å². The van der Waals surface area contributed by atoms with E-state index in [0.29, 0.717) is 0 Å². The maximum atomic E-state index is 12.1. The standard InChI is InChI=1S/C14H12ClNOS/c15-11-5-3-10(4-6-11)14(7-8-14)16-13(17)12-2-1-9-18-12/h1-6,9H,7-8H2,(H,16,17). The van der Waals surface area contributed by atoms with Crippen LogP contribution >= 0.6 is 22.9 Å². The van der Waals surface area contributed by atoms with E-state index in [0.717, 1.165) is 28.3 Å². The molecule has 0 radical (unpaired) electrons. The lowest BCUT2D eigenvalue weighted by molar-refractivity contribution is 0.0935. The highest BCUT2D eigenvalue weighted by Crippen LogP contribution is 2.45. The first-order valence-corrected chi connectivity index (χ1v) is 7.07. The van der Waals surface area contributed by atoms with Crippen LogP contribution in [0.2, 0.25) is 5.02 Å². The van der Waals surface area contributed by atoms with Crippen molar-refractivity contribution < 1.29 is 4.79 Å². The van der Waals surface area contributed by atoms with Gasteiger partial charge in [-0.15, -0.1) is 11.3 Å². The molecular weight excluding hydrogens is 266 g/mol. The van der Waals surface area contributed by atoms with Crippen molar-refractivity contribution >= 4 is 28.8 Å². The summed E-state index contributed by atoms with van der Waals surface area (Å²) in [5.74, 6) is 0.0115. The van der Waals surface area contributed by atoms with Gasteiger partial charge in [-0.1, -0.05) is 29.8 Å². The van der Waals surface area contributed by atoms with Gasteiger partial charge in [0.05, 0.1) is 10.4 Å². The highest BCUT2D eigenvalue weighted by Gasteiger charge is 2.45. The third kappa shape index (κ3) is 2.16. The SMILES string of the molecule is O=C(NC1(c2ccc(Cl)cc2)CC1)c1cccs1. The van der Waals surface area contributed by atoms with E-state index in [1.54, 1.807) is 0 Å². The summed E-state index contributed by atoms with van der Waals surface area (Å²) >= 11 is 7.35. The third-order valence-electron chi connectivity index (χ3n) is 3.24. The molecule has 1 aromatic carbocycles. The van der Waals surface area contributed by atoms with Crippen molar-refractivity contribution in [3.63, 3.8) is 0 Å². The van der Waals surface area contributed by atoms with E-state index in [1.165, 1.54) is 11.3 Å². The van der Waals surface area contributed by atoms with E-state index < -0.39 is 0 Å². The molecule has 0 aliphatic heterocycles. The van der Waals surface area contributed by atoms with Crippen molar-refractivity contribution in [3.8, 4) is 0 Å². The number of hydrogen-bond donors (Lipinski definition) is 1. The number of benzene rings is 1. The van der Waals surface area contributed by atoms with E-state index in [9.17, 15) is 4.79 Å². The highest BCUT2D eigenvalue weighted by molar-refractivity contribution is 7.12. The molecule has 0 bridgehead atoms. The van der Waals surface area contributed by atoms with Gasteiger partial charge in [-0.05, 0) is 42.0 Å². The van der Waals surface area contributed by atoms with Crippen molar-refractivity contribution in [1.82, 2.24) is 5.32 Å². The Bertz CT molecular complexity index is 558. The Labute approximate surface area is 115 Å². The maximum Gasteiger partial charge on any atom is 0.262 e. The molecular formula is C14H12ClNOS. The van der Waals surface area contributed by atoms with Crippen LogP contribution in [-0.2, 0) is 5.54 Å². The quantitative estimate of drug-likeness (QED) is 0.908. The van der Waals surface area contributed by atoms with Crippen molar-refractivity contribution in [2.24, 2.45) is 0 Å². The zero-order valence-corrected chi connectivity index (χ0v) is 11.2. The minimum absolute atomic E-state index is 0.0115. The summed E-state index contributed by atoms with van der Waals surface area (Å²) in [6.45, 7) is 0. The number of rotatable bonds is 3. The predicted molar refractivity (Wildman–Crippen MR) is 74.1 cm³/mol. The lowest BCUT2D eigenvalue weighted by atomic mass is 10.1. The molecule has 1 aliphatic carbocycles. The summed E-state index contributed by atoms with van der Waals surface area (Å²) in [7, 11) is 0. The second-order valence-electron chi connectivity index (χ2n) is 4.52. The van der Waals surface area contributed by atoms with E-state index in [2.05, 4.69) is 5.32 Å². The zero-order valence-electron chi connectivity index (χ0n) is 9.65. The van der Waals surface area contributed by atoms with Gasteiger partial charge in [0.15, 0.2) is 0 Å². The Hall–Kier alpha value is -1.32. The van der Waals surface area contributed by atoms with Gasteiger partial charge in [0.1, 0.15) is 0 Å². The molecule has 1 saturated carbocycles. The van der Waals surface area contributed by atoms with Gasteiger partial charge in [-0.3, -0.25) is 4.79 Å². The van der Waals surface area contributed by atoms with E-state index >= 15 is 0 Å². The van der Waals surface area contributed by atoms with Gasteiger partial charge in [-0.2, -0.15) is 0 Å². The fourth-order valence-corrected chi connectivity index (χ4v) is 2.81. The van der Waals surface area contributed by atoms with E-state index in [4.69, 9.17) is 11.6 Å². The number of halogens is 1. The molecule has 92 valence electrons. The molecule has 0 unspecified atom stereocenters. The first-order chi connectivity index (χ1) is 8.70. The Morgan fingerprint density at radius 3 is 2.50 bits per heavy atom. The maximum absolute atomic E-state index is 12.1. The van der Waals surface area contributed by atoms with Gasteiger partial charge in [0, 0.05) is 5.02 Å². The number of amides is 1. The van der Waals surface area contributed by atoms with Crippen LogP contribution in [0.5, 0.6) is 0 Å². The summed E-state index contributed by atoms with van der Waals surface area (Å²) in [6.07, 6.45) is 1.98. The van der Waals surface area contributed by atoms with Crippen LogP contribution in [0.25, 0.3) is 0 Å². The number of hydrogen-bond acceptors (Lipinski definition) is 2. The molecule has 1 N–H and O–H groups in total. The average Bonchev–Trinajstić information content (AvgIpc) is 2.94. The molecule has 3 rings (SSSR count). The summed E-state index contributed by atoms with van der Waals surface area (Å²) in [5.41, 5.74) is 0.961. The van der Waals surface area contributed by atoms with Crippen LogP contribution in [0.15, 0.2) is 41.8 Å². The molecule has 0 saturated heterocycles. The van der Waals surface area contributed by atoms with Gasteiger partial charge in [-0.25, -0.2) is 0 Å². The third-order valence-corrected chi connectivity index (χ3v) is 4.37. The molecule has 4 heteroatoms. The predicted octanol–water partition coefficient (Wildman–Crippen LogP) is 3.82. The Kier molecular flexibility index (Phi) is 2.88. The van der Waals surface area contributed by atoms with Crippen LogP contribution in [0.4, 0.5) is 0 Å². The summed E-state index contributed by atoms with van der Waals surface area (Å²) < 4.78 is 0. The topological polar surface area (TPSA) is 29.1 Å². The molecule has 1 aromatic heterocycles. The number of carbonyl (C=O) groups is 1. The minimum Gasteiger partial charge on any atom is -0.342 e. The van der Waals surface area contributed by atoms with Crippen molar-refractivity contribution in [3.05, 3.63) is 57.2 Å². The van der Waals surface area contributed by atoms with E-state index in [-0.39, 0.29) is 11.4 Å². The minimum atomic E-state index is -0.175. The fourth-order valence-electron chi connectivity index (χ4n) is 2.07. The summed E-state index contributed by atoms with van der Waals surface area (Å²) in [6, 6.07) is 11.5. The molecule has 1 fully saturated rings. The first-order valence-electron chi connectivity index (χ1n) is 5.82. The zero-order chi connectivity index (χ0) is 12.6. The second kappa shape index (κ2) is 4.41. The fraction of sp³-hybridized carbons (Fsp3) is 0.214. The number of carbonyl (C=O) groups excluding carboxylic acids is 1. The molecule has 18 heavy (non-hydrogen) atoms. The van der Waals surface area contributed by atoms with Crippen LogP contribution in [-0.4, -0.2) is 5.91 Å². The molecule has 2 aromatic rings. The van der Waals surface area contributed by atoms with Gasteiger partial charge in [0.2, 0.25) is 0 Å². The smallest absolute Gasteiger partial charge is 0.262 e. The largest absolute Gasteiger partial charge is 0.342 e. The normalized spacial score (nSPS) is 16.3. The highest BCUT2D eigenvalue weighted by atomic mass is 35.5.